The van der Waals surface area contributed by atoms with E-state index in [1.807, 2.05) is 0 Å². The summed E-state index contributed by atoms with van der Waals surface area (Å²) < 4.78 is 0. The molecule has 0 saturated carbocycles. The summed E-state index contributed by atoms with van der Waals surface area (Å²) in [7, 11) is 0. The van der Waals surface area contributed by atoms with E-state index in [1.54, 1.807) is 0 Å². The second kappa shape index (κ2) is 7.79. The first-order chi connectivity index (χ1) is 9.39. The minimum atomic E-state index is 0.356. The topological polar surface area (TPSA) is 15.3 Å². The molecule has 1 atom stereocenters. The monoisotopic (exact) mass is 282 g/mol. The molecule has 1 aliphatic heterocycles. The lowest BCUT2D eigenvalue weighted by molar-refractivity contribution is 0.00665. The average molecular weight is 283 g/mol. The summed E-state index contributed by atoms with van der Waals surface area (Å²) in [6.45, 7) is 17.8. The van der Waals surface area contributed by atoms with E-state index in [2.05, 4.69) is 51.8 Å². The fraction of sp³-hybridized carbons (Fsp3) is 1.00. The van der Waals surface area contributed by atoms with Gasteiger partial charge in [0.15, 0.2) is 0 Å². The lowest BCUT2D eigenvalue weighted by Crippen LogP contribution is -2.66. The Morgan fingerprint density at radius 2 is 1.70 bits per heavy atom. The van der Waals surface area contributed by atoms with Gasteiger partial charge in [-0.05, 0) is 31.2 Å². The highest BCUT2D eigenvalue weighted by atomic mass is 15.3. The summed E-state index contributed by atoms with van der Waals surface area (Å²) in [6, 6.07) is 0.625. The van der Waals surface area contributed by atoms with Gasteiger partial charge in [-0.25, -0.2) is 0 Å². The van der Waals surface area contributed by atoms with Crippen molar-refractivity contribution in [3.8, 4) is 0 Å². The molecule has 0 aromatic carbocycles. The summed E-state index contributed by atoms with van der Waals surface area (Å²) in [5.74, 6) is 0. The maximum atomic E-state index is 3.84. The zero-order valence-corrected chi connectivity index (χ0v) is 14.9. The second-order valence-electron chi connectivity index (χ2n) is 7.74. The predicted octanol–water partition coefficient (Wildman–Crippen LogP) is 4.45. The van der Waals surface area contributed by atoms with Crippen LogP contribution in [0.15, 0.2) is 0 Å². The van der Waals surface area contributed by atoms with Gasteiger partial charge in [-0.3, -0.25) is 4.90 Å². The van der Waals surface area contributed by atoms with Gasteiger partial charge < -0.3 is 5.32 Å². The number of hydrogen-bond acceptors (Lipinski definition) is 2. The Hall–Kier alpha value is -0.0800. The van der Waals surface area contributed by atoms with E-state index in [-0.39, 0.29) is 0 Å². The van der Waals surface area contributed by atoms with Crippen molar-refractivity contribution in [3.05, 3.63) is 0 Å². The van der Waals surface area contributed by atoms with Crippen LogP contribution in [0.1, 0.15) is 80.1 Å². The molecule has 0 bridgehead atoms. The highest BCUT2D eigenvalue weighted by Crippen LogP contribution is 2.32. The van der Waals surface area contributed by atoms with Crippen LogP contribution in [-0.4, -0.2) is 36.1 Å². The molecule has 0 amide bonds. The molecular weight excluding hydrogens is 244 g/mol. The Bertz CT molecular complexity index is 263. The summed E-state index contributed by atoms with van der Waals surface area (Å²) in [5.41, 5.74) is 0.753. The normalized spacial score (nSPS) is 24.0. The van der Waals surface area contributed by atoms with Crippen molar-refractivity contribution in [1.29, 1.82) is 0 Å². The van der Waals surface area contributed by atoms with Gasteiger partial charge in [0.1, 0.15) is 0 Å². The molecule has 1 unspecified atom stereocenters. The Morgan fingerprint density at radius 1 is 1.05 bits per heavy atom. The van der Waals surface area contributed by atoms with Crippen molar-refractivity contribution in [1.82, 2.24) is 10.2 Å². The van der Waals surface area contributed by atoms with Gasteiger partial charge in [-0.15, -0.1) is 0 Å². The van der Waals surface area contributed by atoms with E-state index in [9.17, 15) is 0 Å². The molecule has 120 valence electrons. The molecule has 1 N–H and O–H groups in total. The summed E-state index contributed by atoms with van der Waals surface area (Å²) in [5, 5.41) is 3.84. The van der Waals surface area contributed by atoms with Crippen molar-refractivity contribution in [2.75, 3.05) is 19.6 Å². The summed E-state index contributed by atoms with van der Waals surface area (Å²) >= 11 is 0. The van der Waals surface area contributed by atoms with Crippen LogP contribution in [0.2, 0.25) is 0 Å². The maximum Gasteiger partial charge on any atom is 0.0329 e. The van der Waals surface area contributed by atoms with Gasteiger partial charge in [0.25, 0.3) is 0 Å². The highest BCUT2D eigenvalue weighted by molar-refractivity contribution is 5.00. The van der Waals surface area contributed by atoms with Crippen LogP contribution in [0.25, 0.3) is 0 Å². The predicted molar refractivity (Wildman–Crippen MR) is 90.3 cm³/mol. The van der Waals surface area contributed by atoms with E-state index in [0.29, 0.717) is 17.0 Å². The van der Waals surface area contributed by atoms with Gasteiger partial charge >= 0.3 is 0 Å². The van der Waals surface area contributed by atoms with Crippen LogP contribution in [0.3, 0.4) is 0 Å². The SMILES string of the molecule is CCCCCCN1CC(C(C)(C)C)NCC1(CC)CC. The third kappa shape index (κ3) is 4.46. The minimum Gasteiger partial charge on any atom is -0.310 e. The van der Waals surface area contributed by atoms with Crippen LogP contribution in [0, 0.1) is 5.41 Å². The van der Waals surface area contributed by atoms with Gasteiger partial charge in [0.05, 0.1) is 0 Å². The molecule has 0 aromatic rings. The molecule has 1 heterocycles. The quantitative estimate of drug-likeness (QED) is 0.694. The van der Waals surface area contributed by atoms with Crippen molar-refractivity contribution >= 4 is 0 Å². The molecule has 20 heavy (non-hydrogen) atoms. The number of hydrogen-bond donors (Lipinski definition) is 1. The van der Waals surface area contributed by atoms with Crippen LogP contribution in [0.4, 0.5) is 0 Å². The molecule has 1 rings (SSSR count). The average Bonchev–Trinajstić information content (AvgIpc) is 2.42. The standard InChI is InChI=1S/C18H38N2/c1-7-10-11-12-13-20-14-16(17(4,5)6)19-15-18(20,8-2)9-3/h16,19H,7-15H2,1-6H3. The Kier molecular flexibility index (Phi) is 7.00. The number of piperazine rings is 1. The molecule has 0 spiro atoms. The third-order valence-electron chi connectivity index (χ3n) is 5.39. The first-order valence-electron chi connectivity index (χ1n) is 8.88. The summed E-state index contributed by atoms with van der Waals surface area (Å²) in [4.78, 5) is 2.81. The van der Waals surface area contributed by atoms with E-state index >= 15 is 0 Å². The molecule has 0 aliphatic carbocycles. The first kappa shape index (κ1) is 18.0. The Labute approximate surface area is 127 Å². The molecule has 0 aromatic heterocycles. The summed E-state index contributed by atoms with van der Waals surface area (Å²) in [6.07, 6.45) is 8.01. The van der Waals surface area contributed by atoms with Crippen LogP contribution in [0.5, 0.6) is 0 Å². The maximum absolute atomic E-state index is 3.84. The molecule has 1 saturated heterocycles. The fourth-order valence-electron chi connectivity index (χ4n) is 3.49. The molecule has 2 heteroatoms. The lowest BCUT2D eigenvalue weighted by Gasteiger charge is -2.52. The molecule has 1 aliphatic rings. The number of nitrogens with one attached hydrogen (secondary N) is 1. The largest absolute Gasteiger partial charge is 0.310 e. The van der Waals surface area contributed by atoms with Crippen molar-refractivity contribution in [3.63, 3.8) is 0 Å². The van der Waals surface area contributed by atoms with Crippen molar-refractivity contribution in [2.45, 2.75) is 91.6 Å². The van der Waals surface area contributed by atoms with Gasteiger partial charge in [0, 0.05) is 24.7 Å². The van der Waals surface area contributed by atoms with Crippen molar-refractivity contribution in [2.24, 2.45) is 5.41 Å². The second-order valence-corrected chi connectivity index (χ2v) is 7.74. The van der Waals surface area contributed by atoms with Gasteiger partial charge in [0.2, 0.25) is 0 Å². The van der Waals surface area contributed by atoms with Crippen LogP contribution < -0.4 is 5.32 Å². The van der Waals surface area contributed by atoms with Crippen LogP contribution >= 0.6 is 0 Å². The smallest absolute Gasteiger partial charge is 0.0329 e. The minimum absolute atomic E-state index is 0.356. The zero-order chi connectivity index (χ0) is 15.2. The molecule has 1 fully saturated rings. The third-order valence-corrected chi connectivity index (χ3v) is 5.39. The van der Waals surface area contributed by atoms with E-state index < -0.39 is 0 Å². The van der Waals surface area contributed by atoms with E-state index in [0.717, 1.165) is 6.54 Å². The van der Waals surface area contributed by atoms with Gasteiger partial charge in [-0.2, -0.15) is 0 Å². The zero-order valence-electron chi connectivity index (χ0n) is 14.9. The van der Waals surface area contributed by atoms with Crippen molar-refractivity contribution < 1.29 is 0 Å². The number of nitrogens with zero attached hydrogens (tertiary/aromatic N) is 1. The molecular formula is C18H38N2. The van der Waals surface area contributed by atoms with E-state index in [1.165, 1.54) is 51.6 Å². The number of rotatable bonds is 7. The fourth-order valence-corrected chi connectivity index (χ4v) is 3.49. The number of unbranched alkanes of at least 4 members (excludes halogenated alkanes) is 3. The lowest BCUT2D eigenvalue weighted by atomic mass is 9.80. The highest BCUT2D eigenvalue weighted by Gasteiger charge is 2.41. The van der Waals surface area contributed by atoms with Gasteiger partial charge in [-0.1, -0.05) is 60.8 Å². The molecule has 0 radical (unpaired) electrons. The molecule has 2 nitrogen and oxygen atoms in total. The first-order valence-corrected chi connectivity index (χ1v) is 8.88. The Balaban J connectivity index is 2.68. The van der Waals surface area contributed by atoms with E-state index in [4.69, 9.17) is 0 Å². The Morgan fingerprint density at radius 3 is 2.20 bits per heavy atom. The van der Waals surface area contributed by atoms with Crippen LogP contribution in [-0.2, 0) is 0 Å².